The van der Waals surface area contributed by atoms with Gasteiger partial charge < -0.3 is 9.88 Å². The number of Topliss-reactive ketones (excluding diaryl/α,β-unsaturated/α-hetero) is 1. The lowest BCUT2D eigenvalue weighted by molar-refractivity contribution is -0.120. The first-order valence-electron chi connectivity index (χ1n) is 6.92. The van der Waals surface area contributed by atoms with Gasteiger partial charge in [-0.05, 0) is 19.4 Å². The van der Waals surface area contributed by atoms with E-state index in [2.05, 4.69) is 15.4 Å². The molecule has 0 aliphatic heterocycles. The number of nitrogens with one attached hydrogen (secondary N) is 1. The van der Waals surface area contributed by atoms with Crippen LogP contribution < -0.4 is 10.9 Å². The number of aromatic nitrogens is 4. The van der Waals surface area contributed by atoms with Crippen molar-refractivity contribution in [2.24, 2.45) is 0 Å². The Morgan fingerprint density at radius 2 is 2.19 bits per heavy atom. The first-order valence-corrected chi connectivity index (χ1v) is 6.92. The van der Waals surface area contributed by atoms with Crippen LogP contribution in [-0.2, 0) is 11.3 Å². The van der Waals surface area contributed by atoms with E-state index in [4.69, 9.17) is 0 Å². The average molecular weight is 289 g/mol. The topological polar surface area (TPSA) is 81.8 Å². The third-order valence-electron chi connectivity index (χ3n) is 3.25. The quantitative estimate of drug-likeness (QED) is 0.825. The van der Waals surface area contributed by atoms with Gasteiger partial charge in [-0.1, -0.05) is 6.92 Å². The van der Waals surface area contributed by atoms with Crippen molar-refractivity contribution in [1.82, 2.24) is 19.3 Å². The predicted octanol–water partition coefficient (Wildman–Crippen LogP) is 1.09. The molecule has 0 radical (unpaired) electrons. The molecule has 1 atom stereocenters. The maximum absolute atomic E-state index is 12.3. The molecule has 2 heterocycles. The fraction of sp³-hybridized carbons (Fsp3) is 0.429. The lowest BCUT2D eigenvalue weighted by Gasteiger charge is -2.15. The van der Waals surface area contributed by atoms with Crippen LogP contribution in [0.15, 0.2) is 35.6 Å². The van der Waals surface area contributed by atoms with Crippen molar-refractivity contribution in [3.05, 3.63) is 41.2 Å². The van der Waals surface area contributed by atoms with Crippen molar-refractivity contribution in [1.29, 1.82) is 0 Å². The summed E-state index contributed by atoms with van der Waals surface area (Å²) in [6, 6.07) is 1.40. The van der Waals surface area contributed by atoms with Crippen LogP contribution >= 0.6 is 0 Å². The zero-order chi connectivity index (χ0) is 15.2. The summed E-state index contributed by atoms with van der Waals surface area (Å²) in [6.07, 6.45) is 7.21. The third kappa shape index (κ3) is 3.56. The molecule has 0 spiro atoms. The summed E-state index contributed by atoms with van der Waals surface area (Å²) in [6.45, 7) is 4.54. The SMILES string of the molecule is CCC(C(C)=O)n1ccnc(NCCn2cccn2)c1=O. The van der Waals surface area contributed by atoms with Gasteiger partial charge in [0.1, 0.15) is 0 Å². The van der Waals surface area contributed by atoms with E-state index >= 15 is 0 Å². The minimum absolute atomic E-state index is 0.0340. The van der Waals surface area contributed by atoms with E-state index < -0.39 is 6.04 Å². The highest BCUT2D eigenvalue weighted by Gasteiger charge is 2.16. The van der Waals surface area contributed by atoms with Gasteiger partial charge in [0, 0.05) is 31.3 Å². The highest BCUT2D eigenvalue weighted by Crippen LogP contribution is 2.10. The number of nitrogens with zero attached hydrogens (tertiary/aromatic N) is 4. The number of rotatable bonds is 7. The molecule has 21 heavy (non-hydrogen) atoms. The normalized spacial score (nSPS) is 12.1. The molecule has 0 aliphatic carbocycles. The Morgan fingerprint density at radius 3 is 2.81 bits per heavy atom. The Morgan fingerprint density at radius 1 is 1.38 bits per heavy atom. The summed E-state index contributed by atoms with van der Waals surface area (Å²) >= 11 is 0. The van der Waals surface area contributed by atoms with Crippen LogP contribution in [0.25, 0.3) is 0 Å². The lowest BCUT2D eigenvalue weighted by Crippen LogP contribution is -2.31. The summed E-state index contributed by atoms with van der Waals surface area (Å²) in [5.74, 6) is 0.220. The molecular formula is C14H19N5O2. The first-order chi connectivity index (χ1) is 10.1. The van der Waals surface area contributed by atoms with E-state index in [9.17, 15) is 9.59 Å². The monoisotopic (exact) mass is 289 g/mol. The maximum atomic E-state index is 12.3. The number of ketones is 1. The van der Waals surface area contributed by atoms with Gasteiger partial charge in [0.15, 0.2) is 11.6 Å². The van der Waals surface area contributed by atoms with Crippen LogP contribution in [0.1, 0.15) is 26.3 Å². The minimum atomic E-state index is -0.438. The zero-order valence-corrected chi connectivity index (χ0v) is 12.2. The molecule has 0 saturated heterocycles. The highest BCUT2D eigenvalue weighted by atomic mass is 16.1. The molecule has 0 fully saturated rings. The number of carbonyl (C=O) groups is 1. The molecule has 0 aliphatic rings. The van der Waals surface area contributed by atoms with Crippen LogP contribution in [0, 0.1) is 0 Å². The first kappa shape index (κ1) is 15.0. The molecule has 2 aromatic rings. The fourth-order valence-electron chi connectivity index (χ4n) is 2.19. The molecule has 0 saturated carbocycles. The number of hydrogen-bond acceptors (Lipinski definition) is 5. The van der Waals surface area contributed by atoms with E-state index in [-0.39, 0.29) is 17.2 Å². The van der Waals surface area contributed by atoms with Gasteiger partial charge in [0.25, 0.3) is 5.56 Å². The summed E-state index contributed by atoms with van der Waals surface area (Å²) in [5.41, 5.74) is -0.278. The van der Waals surface area contributed by atoms with Crippen molar-refractivity contribution in [3.63, 3.8) is 0 Å². The maximum Gasteiger partial charge on any atom is 0.293 e. The molecule has 2 aromatic heterocycles. The van der Waals surface area contributed by atoms with Crippen molar-refractivity contribution < 1.29 is 4.79 Å². The van der Waals surface area contributed by atoms with Gasteiger partial charge in [-0.3, -0.25) is 14.3 Å². The van der Waals surface area contributed by atoms with Crippen LogP contribution in [0.3, 0.4) is 0 Å². The predicted molar refractivity (Wildman–Crippen MR) is 79.2 cm³/mol. The summed E-state index contributed by atoms with van der Waals surface area (Å²) < 4.78 is 3.20. The molecular weight excluding hydrogens is 270 g/mol. The fourth-order valence-corrected chi connectivity index (χ4v) is 2.19. The Bertz CT molecular complexity index is 648. The molecule has 0 amide bonds. The van der Waals surface area contributed by atoms with E-state index in [0.717, 1.165) is 0 Å². The summed E-state index contributed by atoms with van der Waals surface area (Å²) in [7, 11) is 0. The largest absolute Gasteiger partial charge is 0.364 e. The summed E-state index contributed by atoms with van der Waals surface area (Å²) in [5, 5.41) is 7.07. The van der Waals surface area contributed by atoms with Gasteiger partial charge in [-0.15, -0.1) is 0 Å². The molecule has 7 heteroatoms. The molecule has 2 rings (SSSR count). The van der Waals surface area contributed by atoms with Crippen LogP contribution in [0.4, 0.5) is 5.82 Å². The second-order valence-electron chi connectivity index (χ2n) is 4.72. The van der Waals surface area contributed by atoms with Gasteiger partial charge in [-0.25, -0.2) is 4.98 Å². The Kier molecular flexibility index (Phi) is 4.86. The van der Waals surface area contributed by atoms with Gasteiger partial charge >= 0.3 is 0 Å². The van der Waals surface area contributed by atoms with Crippen molar-refractivity contribution in [3.8, 4) is 0 Å². The average Bonchev–Trinajstić information content (AvgIpc) is 2.96. The molecule has 7 nitrogen and oxygen atoms in total. The van der Waals surface area contributed by atoms with E-state index in [1.807, 2.05) is 19.2 Å². The Balaban J connectivity index is 2.10. The molecule has 0 bridgehead atoms. The molecule has 1 unspecified atom stereocenters. The third-order valence-corrected chi connectivity index (χ3v) is 3.25. The Labute approximate surface area is 122 Å². The minimum Gasteiger partial charge on any atom is -0.364 e. The number of hydrogen-bond donors (Lipinski definition) is 1. The van der Waals surface area contributed by atoms with Gasteiger partial charge in [0.2, 0.25) is 0 Å². The standard InChI is InChI=1S/C14H19N5O2/c1-3-12(11(2)20)19-10-7-16-13(14(19)21)15-6-9-18-8-4-5-17-18/h4-5,7-8,10,12H,3,6,9H2,1-2H3,(H,15,16). The summed E-state index contributed by atoms with van der Waals surface area (Å²) in [4.78, 5) is 28.0. The van der Waals surface area contributed by atoms with Crippen molar-refractivity contribution in [2.45, 2.75) is 32.9 Å². The Hall–Kier alpha value is -2.44. The number of anilines is 1. The highest BCUT2D eigenvalue weighted by molar-refractivity contribution is 5.79. The van der Waals surface area contributed by atoms with Crippen molar-refractivity contribution >= 4 is 11.6 Å². The van der Waals surface area contributed by atoms with Crippen LogP contribution in [0.5, 0.6) is 0 Å². The molecule has 112 valence electrons. The van der Waals surface area contributed by atoms with Gasteiger partial charge in [-0.2, -0.15) is 5.10 Å². The van der Waals surface area contributed by atoms with E-state index in [1.54, 1.807) is 17.1 Å². The molecule has 1 N–H and O–H groups in total. The second kappa shape index (κ2) is 6.83. The van der Waals surface area contributed by atoms with Crippen molar-refractivity contribution in [2.75, 3.05) is 11.9 Å². The second-order valence-corrected chi connectivity index (χ2v) is 4.72. The molecule has 0 aromatic carbocycles. The lowest BCUT2D eigenvalue weighted by atomic mass is 10.1. The van der Waals surface area contributed by atoms with Crippen LogP contribution in [-0.4, -0.2) is 31.7 Å². The number of carbonyl (C=O) groups excluding carboxylic acids is 1. The van der Waals surface area contributed by atoms with E-state index in [1.165, 1.54) is 17.7 Å². The van der Waals surface area contributed by atoms with E-state index in [0.29, 0.717) is 19.5 Å². The smallest absolute Gasteiger partial charge is 0.293 e. The van der Waals surface area contributed by atoms with Crippen LogP contribution in [0.2, 0.25) is 0 Å². The van der Waals surface area contributed by atoms with Gasteiger partial charge in [0.05, 0.1) is 12.6 Å². The zero-order valence-electron chi connectivity index (χ0n) is 12.2.